The van der Waals surface area contributed by atoms with E-state index in [1.165, 1.54) is 13.0 Å². The first-order valence-electron chi connectivity index (χ1n) is 6.23. The van der Waals surface area contributed by atoms with Crippen molar-refractivity contribution in [2.75, 3.05) is 23.7 Å². The third-order valence-corrected chi connectivity index (χ3v) is 2.45. The molecule has 0 aliphatic rings. The molecule has 21 heavy (non-hydrogen) atoms. The van der Waals surface area contributed by atoms with Gasteiger partial charge in [-0.3, -0.25) is 9.59 Å². The molecule has 0 heterocycles. The number of rotatable bonds is 5. The molecule has 0 bridgehead atoms. The number of halogens is 3. The minimum Gasteiger partial charge on any atom is -0.326 e. The van der Waals surface area contributed by atoms with Gasteiger partial charge in [-0.25, -0.2) is 0 Å². The maximum atomic E-state index is 13.0. The maximum Gasteiger partial charge on any atom is 0.418 e. The molecule has 0 unspecified atom stereocenters. The summed E-state index contributed by atoms with van der Waals surface area (Å²) < 4.78 is 39.0. The van der Waals surface area contributed by atoms with Crippen molar-refractivity contribution in [2.24, 2.45) is 0 Å². The molecular weight excluding hydrogens is 287 g/mol. The number of anilines is 2. The molecule has 3 N–H and O–H groups in total. The van der Waals surface area contributed by atoms with Crippen LogP contribution in [0.5, 0.6) is 0 Å². The number of alkyl halides is 3. The summed E-state index contributed by atoms with van der Waals surface area (Å²) in [7, 11) is 0. The van der Waals surface area contributed by atoms with Gasteiger partial charge < -0.3 is 16.0 Å². The molecule has 8 heteroatoms. The van der Waals surface area contributed by atoms with Gasteiger partial charge in [0.2, 0.25) is 11.8 Å². The van der Waals surface area contributed by atoms with Crippen LogP contribution in [0, 0.1) is 0 Å². The third kappa shape index (κ3) is 5.42. The Hall–Kier alpha value is -2.09. The van der Waals surface area contributed by atoms with Crippen LogP contribution < -0.4 is 16.0 Å². The highest BCUT2D eigenvalue weighted by molar-refractivity contribution is 5.94. The van der Waals surface area contributed by atoms with Crippen LogP contribution in [0.2, 0.25) is 0 Å². The van der Waals surface area contributed by atoms with E-state index in [1.54, 1.807) is 6.92 Å². The molecule has 0 aromatic heterocycles. The summed E-state index contributed by atoms with van der Waals surface area (Å²) in [4.78, 5) is 22.4. The highest BCUT2D eigenvalue weighted by Crippen LogP contribution is 2.36. The van der Waals surface area contributed by atoms with Crippen LogP contribution in [0.1, 0.15) is 19.4 Å². The van der Waals surface area contributed by atoms with Gasteiger partial charge in [-0.1, -0.05) is 6.92 Å². The molecule has 116 valence electrons. The standard InChI is InChI=1S/C13H16F3N3O2/c1-3-17-7-12(21)19-11-5-4-9(18-8(2)20)6-10(11)13(14,15)16/h4-6,17H,3,7H2,1-2H3,(H,18,20)(H,19,21). The van der Waals surface area contributed by atoms with Gasteiger partial charge in [0.1, 0.15) is 0 Å². The fourth-order valence-electron chi connectivity index (χ4n) is 1.60. The first kappa shape index (κ1) is 17.0. The van der Waals surface area contributed by atoms with Gasteiger partial charge in [-0.05, 0) is 24.7 Å². The molecule has 0 saturated carbocycles. The predicted octanol–water partition coefficient (Wildman–Crippen LogP) is 2.21. The average molecular weight is 303 g/mol. The summed E-state index contributed by atoms with van der Waals surface area (Å²) >= 11 is 0. The van der Waals surface area contributed by atoms with Crippen LogP contribution in [0.25, 0.3) is 0 Å². The van der Waals surface area contributed by atoms with Crippen LogP contribution in [0.3, 0.4) is 0 Å². The molecule has 1 rings (SSSR count). The fraction of sp³-hybridized carbons (Fsp3) is 0.385. The van der Waals surface area contributed by atoms with Gasteiger partial charge in [0, 0.05) is 12.6 Å². The van der Waals surface area contributed by atoms with E-state index in [9.17, 15) is 22.8 Å². The van der Waals surface area contributed by atoms with Crippen molar-refractivity contribution in [1.29, 1.82) is 0 Å². The summed E-state index contributed by atoms with van der Waals surface area (Å²) in [6.45, 7) is 3.41. The summed E-state index contributed by atoms with van der Waals surface area (Å²) in [6.07, 6.45) is -4.64. The Morgan fingerprint density at radius 3 is 2.38 bits per heavy atom. The van der Waals surface area contributed by atoms with E-state index in [-0.39, 0.29) is 17.9 Å². The first-order chi connectivity index (χ1) is 9.74. The van der Waals surface area contributed by atoms with Gasteiger partial charge in [0.05, 0.1) is 17.8 Å². The third-order valence-electron chi connectivity index (χ3n) is 2.45. The van der Waals surface area contributed by atoms with Crippen LogP contribution in [-0.2, 0) is 15.8 Å². The minimum atomic E-state index is -4.64. The second-order valence-corrected chi connectivity index (χ2v) is 4.27. The molecule has 0 spiro atoms. The SMILES string of the molecule is CCNCC(=O)Nc1ccc(NC(C)=O)cc1C(F)(F)F. The lowest BCUT2D eigenvalue weighted by atomic mass is 10.1. The number of hydrogen-bond donors (Lipinski definition) is 3. The number of likely N-dealkylation sites (N-methyl/N-ethyl adjacent to an activating group) is 1. The molecule has 0 aliphatic heterocycles. The molecular formula is C13H16F3N3O2. The molecule has 2 amide bonds. The Kier molecular flexibility index (Phi) is 5.71. The largest absolute Gasteiger partial charge is 0.418 e. The number of nitrogens with one attached hydrogen (secondary N) is 3. The molecule has 0 atom stereocenters. The Labute approximate surface area is 119 Å². The van der Waals surface area contributed by atoms with Crippen molar-refractivity contribution < 1.29 is 22.8 Å². The van der Waals surface area contributed by atoms with Crippen molar-refractivity contribution in [2.45, 2.75) is 20.0 Å². The number of hydrogen-bond acceptors (Lipinski definition) is 3. The molecule has 5 nitrogen and oxygen atoms in total. The van der Waals surface area contributed by atoms with E-state index >= 15 is 0 Å². The Morgan fingerprint density at radius 2 is 1.86 bits per heavy atom. The number of amides is 2. The van der Waals surface area contributed by atoms with E-state index in [1.807, 2.05) is 0 Å². The Balaban J connectivity index is 3.02. The Bertz CT molecular complexity index is 530. The second kappa shape index (κ2) is 7.07. The number of carbonyl (C=O) groups is 2. The van der Waals surface area contributed by atoms with Crippen molar-refractivity contribution in [3.8, 4) is 0 Å². The number of carbonyl (C=O) groups excluding carboxylic acids is 2. The zero-order chi connectivity index (χ0) is 16.0. The van der Waals surface area contributed by atoms with Crippen molar-refractivity contribution in [1.82, 2.24) is 5.32 Å². The van der Waals surface area contributed by atoms with Crippen LogP contribution >= 0.6 is 0 Å². The van der Waals surface area contributed by atoms with Crippen molar-refractivity contribution in [3.05, 3.63) is 23.8 Å². The monoisotopic (exact) mass is 303 g/mol. The van der Waals surface area contributed by atoms with Crippen LogP contribution in [0.4, 0.5) is 24.5 Å². The maximum absolute atomic E-state index is 13.0. The topological polar surface area (TPSA) is 70.2 Å². The lowest BCUT2D eigenvalue weighted by molar-refractivity contribution is -0.137. The summed E-state index contributed by atoms with van der Waals surface area (Å²) in [6, 6.07) is 3.18. The molecule has 0 aliphatic carbocycles. The van der Waals surface area contributed by atoms with Gasteiger partial charge in [0.25, 0.3) is 0 Å². The lowest BCUT2D eigenvalue weighted by Crippen LogP contribution is -2.28. The predicted molar refractivity (Wildman–Crippen MR) is 72.9 cm³/mol. The molecule has 0 fully saturated rings. The van der Waals surface area contributed by atoms with E-state index in [0.29, 0.717) is 6.54 Å². The second-order valence-electron chi connectivity index (χ2n) is 4.27. The van der Waals surface area contributed by atoms with Crippen molar-refractivity contribution >= 4 is 23.2 Å². The zero-order valence-electron chi connectivity index (χ0n) is 11.6. The summed E-state index contributed by atoms with van der Waals surface area (Å²) in [5.41, 5.74) is -1.35. The van der Waals surface area contributed by atoms with Crippen LogP contribution in [0.15, 0.2) is 18.2 Å². The molecule has 1 aromatic rings. The summed E-state index contributed by atoms with van der Waals surface area (Å²) in [5, 5.41) is 7.18. The number of benzene rings is 1. The molecule has 0 radical (unpaired) electrons. The van der Waals surface area contributed by atoms with E-state index in [2.05, 4.69) is 16.0 Å². The lowest BCUT2D eigenvalue weighted by Gasteiger charge is -2.15. The highest BCUT2D eigenvalue weighted by Gasteiger charge is 2.34. The van der Waals surface area contributed by atoms with Crippen molar-refractivity contribution in [3.63, 3.8) is 0 Å². The quantitative estimate of drug-likeness (QED) is 0.781. The molecule has 0 saturated heterocycles. The highest BCUT2D eigenvalue weighted by atomic mass is 19.4. The van der Waals surface area contributed by atoms with Gasteiger partial charge >= 0.3 is 6.18 Å². The van der Waals surface area contributed by atoms with E-state index < -0.39 is 23.6 Å². The van der Waals surface area contributed by atoms with Gasteiger partial charge in [-0.15, -0.1) is 0 Å². The average Bonchev–Trinajstić information content (AvgIpc) is 2.36. The van der Waals surface area contributed by atoms with E-state index in [0.717, 1.165) is 12.1 Å². The first-order valence-corrected chi connectivity index (χ1v) is 6.23. The van der Waals surface area contributed by atoms with Gasteiger partial charge in [-0.2, -0.15) is 13.2 Å². The van der Waals surface area contributed by atoms with Crippen LogP contribution in [-0.4, -0.2) is 24.9 Å². The normalized spacial score (nSPS) is 11.1. The fourth-order valence-corrected chi connectivity index (χ4v) is 1.60. The minimum absolute atomic E-state index is 0.0134. The van der Waals surface area contributed by atoms with Gasteiger partial charge in [0.15, 0.2) is 0 Å². The summed E-state index contributed by atoms with van der Waals surface area (Å²) in [5.74, 6) is -1.05. The molecule has 1 aromatic carbocycles. The Morgan fingerprint density at radius 1 is 1.19 bits per heavy atom. The zero-order valence-corrected chi connectivity index (χ0v) is 11.6. The van der Waals surface area contributed by atoms with E-state index in [4.69, 9.17) is 0 Å². The smallest absolute Gasteiger partial charge is 0.326 e.